The van der Waals surface area contributed by atoms with Crippen LogP contribution in [0.3, 0.4) is 0 Å². The molecule has 3 rings (SSSR count). The number of aromatic nitrogens is 2. The molecule has 2 N–H and O–H groups in total. The molecule has 134 valence electrons. The predicted octanol–water partition coefficient (Wildman–Crippen LogP) is 4.60. The molecular formula is C18H16Cl2N4OS. The van der Waals surface area contributed by atoms with Gasteiger partial charge in [-0.1, -0.05) is 47.5 Å². The lowest BCUT2D eigenvalue weighted by atomic mass is 10.3. The van der Waals surface area contributed by atoms with E-state index in [-0.39, 0.29) is 10.7 Å². The predicted molar refractivity (Wildman–Crippen MR) is 112 cm³/mol. The van der Waals surface area contributed by atoms with Gasteiger partial charge >= 0.3 is 0 Å². The zero-order valence-electron chi connectivity index (χ0n) is 14.1. The van der Waals surface area contributed by atoms with Crippen LogP contribution in [0.5, 0.6) is 0 Å². The van der Waals surface area contributed by atoms with Crippen molar-refractivity contribution in [3.05, 3.63) is 74.6 Å². The Bertz CT molecular complexity index is 1030. The molecule has 0 radical (unpaired) electrons. The van der Waals surface area contributed by atoms with Gasteiger partial charge in [-0.25, -0.2) is 4.68 Å². The molecule has 0 saturated carbocycles. The zero-order chi connectivity index (χ0) is 18.8. The monoisotopic (exact) mass is 406 g/mol. The SMILES string of the molecule is Cc1c(NC(=S)Nc2cccc(Cl)c2Cl)c(=O)n(-c2ccccc2)n1C. The summed E-state index contributed by atoms with van der Waals surface area (Å²) in [5, 5.41) is 6.97. The minimum absolute atomic E-state index is 0.197. The number of hydrogen-bond donors (Lipinski definition) is 2. The second kappa shape index (κ2) is 7.53. The fourth-order valence-corrected chi connectivity index (χ4v) is 3.14. The summed E-state index contributed by atoms with van der Waals surface area (Å²) in [5.74, 6) is 0. The Hall–Kier alpha value is -2.28. The number of rotatable bonds is 3. The van der Waals surface area contributed by atoms with Crippen molar-refractivity contribution in [1.82, 2.24) is 9.36 Å². The van der Waals surface area contributed by atoms with Gasteiger partial charge in [-0.05, 0) is 43.4 Å². The Morgan fingerprint density at radius 3 is 2.42 bits per heavy atom. The molecule has 0 aliphatic heterocycles. The van der Waals surface area contributed by atoms with Gasteiger partial charge in [0.15, 0.2) is 5.11 Å². The van der Waals surface area contributed by atoms with Crippen LogP contribution in [0.25, 0.3) is 5.69 Å². The Morgan fingerprint density at radius 1 is 1.04 bits per heavy atom. The number of nitrogens with one attached hydrogen (secondary N) is 2. The Kier molecular flexibility index (Phi) is 5.36. The summed E-state index contributed by atoms with van der Waals surface area (Å²) in [6.07, 6.45) is 0. The lowest BCUT2D eigenvalue weighted by Crippen LogP contribution is -2.25. The molecule has 0 unspecified atom stereocenters. The highest BCUT2D eigenvalue weighted by molar-refractivity contribution is 7.80. The van der Waals surface area contributed by atoms with Crippen molar-refractivity contribution in [2.45, 2.75) is 6.92 Å². The number of benzene rings is 2. The van der Waals surface area contributed by atoms with E-state index < -0.39 is 0 Å². The summed E-state index contributed by atoms with van der Waals surface area (Å²) in [7, 11) is 1.82. The summed E-state index contributed by atoms with van der Waals surface area (Å²) < 4.78 is 3.35. The van der Waals surface area contributed by atoms with E-state index in [4.69, 9.17) is 35.4 Å². The Labute approximate surface area is 166 Å². The normalized spacial score (nSPS) is 10.6. The topological polar surface area (TPSA) is 51.0 Å². The average Bonchev–Trinajstić information content (AvgIpc) is 2.83. The van der Waals surface area contributed by atoms with Gasteiger partial charge in [0, 0.05) is 7.05 Å². The summed E-state index contributed by atoms with van der Waals surface area (Å²) in [5.41, 5.74) is 2.28. The summed E-state index contributed by atoms with van der Waals surface area (Å²) in [6.45, 7) is 1.85. The van der Waals surface area contributed by atoms with Crippen LogP contribution >= 0.6 is 35.4 Å². The summed E-state index contributed by atoms with van der Waals surface area (Å²) >= 11 is 17.5. The molecule has 8 heteroatoms. The molecule has 3 aromatic rings. The minimum atomic E-state index is -0.197. The zero-order valence-corrected chi connectivity index (χ0v) is 16.4. The lowest BCUT2D eigenvalue weighted by molar-refractivity contribution is 0.630. The quantitative estimate of drug-likeness (QED) is 0.623. The van der Waals surface area contributed by atoms with Crippen LogP contribution < -0.4 is 16.2 Å². The third kappa shape index (κ3) is 3.49. The molecule has 0 aliphatic carbocycles. The molecule has 0 atom stereocenters. The molecular weight excluding hydrogens is 391 g/mol. The highest BCUT2D eigenvalue weighted by Crippen LogP contribution is 2.29. The number of para-hydroxylation sites is 1. The van der Waals surface area contributed by atoms with Crippen molar-refractivity contribution in [3.63, 3.8) is 0 Å². The van der Waals surface area contributed by atoms with Crippen molar-refractivity contribution in [1.29, 1.82) is 0 Å². The number of hydrogen-bond acceptors (Lipinski definition) is 2. The van der Waals surface area contributed by atoms with Crippen molar-refractivity contribution in [3.8, 4) is 5.69 Å². The van der Waals surface area contributed by atoms with Gasteiger partial charge in [-0.15, -0.1) is 0 Å². The van der Waals surface area contributed by atoms with Crippen molar-refractivity contribution < 1.29 is 0 Å². The van der Waals surface area contributed by atoms with Gasteiger partial charge in [0.1, 0.15) is 5.69 Å². The maximum absolute atomic E-state index is 12.9. The fourth-order valence-electron chi connectivity index (χ4n) is 2.58. The first-order chi connectivity index (χ1) is 12.4. The van der Waals surface area contributed by atoms with E-state index in [1.54, 1.807) is 27.6 Å². The highest BCUT2D eigenvalue weighted by Gasteiger charge is 2.17. The molecule has 0 fully saturated rings. The van der Waals surface area contributed by atoms with E-state index in [0.717, 1.165) is 11.4 Å². The summed E-state index contributed by atoms with van der Waals surface area (Å²) in [4.78, 5) is 12.9. The Balaban J connectivity index is 1.90. The van der Waals surface area contributed by atoms with Crippen molar-refractivity contribution in [2.75, 3.05) is 10.6 Å². The first-order valence-corrected chi connectivity index (χ1v) is 8.92. The molecule has 26 heavy (non-hydrogen) atoms. The highest BCUT2D eigenvalue weighted by atomic mass is 35.5. The van der Waals surface area contributed by atoms with Crippen LogP contribution in [-0.2, 0) is 7.05 Å². The van der Waals surface area contributed by atoms with Gasteiger partial charge < -0.3 is 10.6 Å². The molecule has 2 aromatic carbocycles. The van der Waals surface area contributed by atoms with Crippen LogP contribution in [0, 0.1) is 6.92 Å². The third-order valence-electron chi connectivity index (χ3n) is 3.99. The molecule has 0 saturated heterocycles. The van der Waals surface area contributed by atoms with Crippen LogP contribution in [0.1, 0.15) is 5.69 Å². The number of thiocarbonyl (C=S) groups is 1. The van der Waals surface area contributed by atoms with Crippen molar-refractivity contribution >= 4 is 51.9 Å². The molecule has 1 heterocycles. The van der Waals surface area contributed by atoms with Crippen LogP contribution in [0.2, 0.25) is 10.0 Å². The number of nitrogens with zero attached hydrogens (tertiary/aromatic N) is 2. The van der Waals surface area contributed by atoms with Gasteiger partial charge in [-0.3, -0.25) is 9.48 Å². The van der Waals surface area contributed by atoms with Crippen LogP contribution in [-0.4, -0.2) is 14.5 Å². The molecule has 0 bridgehead atoms. The average molecular weight is 407 g/mol. The van der Waals surface area contributed by atoms with E-state index >= 15 is 0 Å². The van der Waals surface area contributed by atoms with Gasteiger partial charge in [0.25, 0.3) is 5.56 Å². The first-order valence-electron chi connectivity index (χ1n) is 7.76. The number of halogens is 2. The van der Waals surface area contributed by atoms with Crippen LogP contribution in [0.15, 0.2) is 53.3 Å². The Morgan fingerprint density at radius 2 is 1.73 bits per heavy atom. The molecule has 0 spiro atoms. The maximum atomic E-state index is 12.9. The van der Waals surface area contributed by atoms with Crippen molar-refractivity contribution in [2.24, 2.45) is 7.05 Å². The molecule has 0 amide bonds. The smallest absolute Gasteiger partial charge is 0.295 e. The summed E-state index contributed by atoms with van der Waals surface area (Å²) in [6, 6.07) is 14.6. The fraction of sp³-hybridized carbons (Fsp3) is 0.111. The van der Waals surface area contributed by atoms with E-state index in [2.05, 4.69) is 10.6 Å². The van der Waals surface area contributed by atoms with E-state index in [9.17, 15) is 4.79 Å². The minimum Gasteiger partial charge on any atom is -0.331 e. The maximum Gasteiger partial charge on any atom is 0.295 e. The van der Waals surface area contributed by atoms with Gasteiger partial charge in [-0.2, -0.15) is 0 Å². The number of anilines is 2. The third-order valence-corrected chi connectivity index (χ3v) is 5.02. The second-order valence-corrected chi connectivity index (χ2v) is 6.81. The molecule has 5 nitrogen and oxygen atoms in total. The second-order valence-electron chi connectivity index (χ2n) is 5.62. The van der Waals surface area contributed by atoms with E-state index in [1.165, 1.54) is 0 Å². The first kappa shape index (κ1) is 18.5. The lowest BCUT2D eigenvalue weighted by Gasteiger charge is -2.11. The van der Waals surface area contributed by atoms with Crippen LogP contribution in [0.4, 0.5) is 11.4 Å². The molecule has 1 aromatic heterocycles. The van der Waals surface area contributed by atoms with Gasteiger partial charge in [0.05, 0.1) is 27.1 Å². The van der Waals surface area contributed by atoms with E-state index in [0.29, 0.717) is 21.4 Å². The standard InChI is InChI=1S/C18H16Cl2N4OS/c1-11-16(17(25)24(23(11)2)12-7-4-3-5-8-12)22-18(26)21-14-10-6-9-13(19)15(14)20/h3-10H,1-2H3,(H2,21,22,26). The van der Waals surface area contributed by atoms with Gasteiger partial charge in [0.2, 0.25) is 0 Å². The van der Waals surface area contributed by atoms with E-state index in [1.807, 2.05) is 44.3 Å². The molecule has 0 aliphatic rings. The largest absolute Gasteiger partial charge is 0.331 e.